The molecular formula is C13H11BrClNO2. The lowest BCUT2D eigenvalue weighted by Crippen LogP contribution is -2.36. The molecule has 0 spiro atoms. The van der Waals surface area contributed by atoms with Crippen LogP contribution >= 0.6 is 27.5 Å². The highest BCUT2D eigenvalue weighted by Crippen LogP contribution is 2.64. The highest BCUT2D eigenvalue weighted by molar-refractivity contribution is 9.10. The Labute approximate surface area is 118 Å². The molecule has 3 nitrogen and oxygen atoms in total. The third-order valence-electron chi connectivity index (χ3n) is 3.97. The van der Waals surface area contributed by atoms with Crippen LogP contribution in [0.5, 0.6) is 0 Å². The fraction of sp³-hybridized carbons (Fsp3) is 0.385. The number of carbonyl (C=O) groups is 2. The summed E-state index contributed by atoms with van der Waals surface area (Å²) in [5, 5.41) is 0.493. The van der Waals surface area contributed by atoms with Gasteiger partial charge in [-0.05, 0) is 33.5 Å². The summed E-state index contributed by atoms with van der Waals surface area (Å²) in [6.45, 7) is 3.92. The molecule has 2 fully saturated rings. The largest absolute Gasteiger partial charge is 0.274 e. The van der Waals surface area contributed by atoms with Gasteiger partial charge in [0.1, 0.15) is 0 Å². The predicted octanol–water partition coefficient (Wildman–Crippen LogP) is 3.25. The zero-order valence-electron chi connectivity index (χ0n) is 9.91. The van der Waals surface area contributed by atoms with E-state index in [4.69, 9.17) is 11.6 Å². The van der Waals surface area contributed by atoms with Gasteiger partial charge < -0.3 is 0 Å². The first-order chi connectivity index (χ1) is 8.37. The maximum absolute atomic E-state index is 12.3. The van der Waals surface area contributed by atoms with Gasteiger partial charge >= 0.3 is 0 Å². The fourth-order valence-electron chi connectivity index (χ4n) is 2.85. The van der Waals surface area contributed by atoms with Crippen LogP contribution in [0.4, 0.5) is 5.69 Å². The summed E-state index contributed by atoms with van der Waals surface area (Å²) in [6, 6.07) is 5.17. The molecule has 2 amide bonds. The molecule has 2 unspecified atom stereocenters. The van der Waals surface area contributed by atoms with E-state index in [1.165, 1.54) is 4.90 Å². The van der Waals surface area contributed by atoms with Gasteiger partial charge in [0.2, 0.25) is 11.8 Å². The van der Waals surface area contributed by atoms with Crippen LogP contribution in [0.3, 0.4) is 0 Å². The van der Waals surface area contributed by atoms with E-state index < -0.39 is 0 Å². The number of halogens is 2. The van der Waals surface area contributed by atoms with Gasteiger partial charge in [-0.2, -0.15) is 0 Å². The monoisotopic (exact) mass is 327 g/mol. The van der Waals surface area contributed by atoms with Crippen molar-refractivity contribution in [1.29, 1.82) is 0 Å². The van der Waals surface area contributed by atoms with Crippen molar-refractivity contribution >= 4 is 45.0 Å². The molecule has 1 aromatic carbocycles. The second-order valence-electron chi connectivity index (χ2n) is 5.36. The van der Waals surface area contributed by atoms with E-state index in [0.29, 0.717) is 15.2 Å². The van der Waals surface area contributed by atoms with E-state index in [2.05, 4.69) is 15.9 Å². The molecule has 0 radical (unpaired) electrons. The highest BCUT2D eigenvalue weighted by Gasteiger charge is 2.72. The number of anilines is 1. The molecule has 5 heteroatoms. The SMILES string of the molecule is CC1(C)C2C(=O)N(c3cccc(Cl)c3Br)C(=O)C21. The van der Waals surface area contributed by atoms with Gasteiger partial charge in [0.25, 0.3) is 0 Å². The number of piperidine rings is 1. The number of benzene rings is 1. The van der Waals surface area contributed by atoms with Crippen molar-refractivity contribution in [2.24, 2.45) is 17.3 Å². The minimum Gasteiger partial charge on any atom is -0.274 e. The summed E-state index contributed by atoms with van der Waals surface area (Å²) in [5.74, 6) is -0.567. The zero-order chi connectivity index (χ0) is 13.2. The fourth-order valence-corrected chi connectivity index (χ4v) is 3.46. The van der Waals surface area contributed by atoms with Crippen molar-refractivity contribution < 1.29 is 9.59 Å². The van der Waals surface area contributed by atoms with Crippen molar-refractivity contribution in [3.8, 4) is 0 Å². The quantitative estimate of drug-likeness (QED) is 0.742. The van der Waals surface area contributed by atoms with Crippen molar-refractivity contribution in [1.82, 2.24) is 0 Å². The molecule has 2 atom stereocenters. The topological polar surface area (TPSA) is 37.4 Å². The average Bonchev–Trinajstić information content (AvgIpc) is 2.75. The van der Waals surface area contributed by atoms with Crippen LogP contribution in [0, 0.1) is 17.3 Å². The molecule has 0 bridgehead atoms. The summed E-state index contributed by atoms with van der Waals surface area (Å²) in [7, 11) is 0. The summed E-state index contributed by atoms with van der Waals surface area (Å²) in [5.41, 5.74) is 0.357. The summed E-state index contributed by atoms with van der Waals surface area (Å²) in [4.78, 5) is 25.8. The highest BCUT2D eigenvalue weighted by atomic mass is 79.9. The Kier molecular flexibility index (Phi) is 2.42. The van der Waals surface area contributed by atoms with Gasteiger partial charge in [0, 0.05) is 0 Å². The van der Waals surface area contributed by atoms with Gasteiger partial charge in [0.15, 0.2) is 0 Å². The lowest BCUT2D eigenvalue weighted by molar-refractivity contribution is -0.125. The van der Waals surface area contributed by atoms with E-state index in [1.54, 1.807) is 18.2 Å². The van der Waals surface area contributed by atoms with Gasteiger partial charge in [0.05, 0.1) is 27.0 Å². The standard InChI is InChI=1S/C13H11BrClNO2/c1-13(2)8-9(13)12(18)16(11(8)17)7-5-3-4-6(15)10(7)14/h3-5,8-9H,1-2H3. The number of nitrogens with zero attached hydrogens (tertiary/aromatic N) is 1. The minimum absolute atomic E-state index is 0.113. The third-order valence-corrected chi connectivity index (χ3v) is 5.35. The first kappa shape index (κ1) is 12.2. The second-order valence-corrected chi connectivity index (χ2v) is 6.56. The predicted molar refractivity (Wildman–Crippen MR) is 72.4 cm³/mol. The Morgan fingerprint density at radius 1 is 1.22 bits per heavy atom. The van der Waals surface area contributed by atoms with Crippen LogP contribution in [0.1, 0.15) is 13.8 Å². The Morgan fingerprint density at radius 2 is 1.78 bits per heavy atom. The lowest BCUT2D eigenvalue weighted by atomic mass is 10.1. The maximum Gasteiger partial charge on any atom is 0.238 e. The van der Waals surface area contributed by atoms with Crippen molar-refractivity contribution in [3.63, 3.8) is 0 Å². The molecule has 0 N–H and O–H groups in total. The van der Waals surface area contributed by atoms with Gasteiger partial charge in [-0.3, -0.25) is 9.59 Å². The maximum atomic E-state index is 12.3. The molecule has 18 heavy (non-hydrogen) atoms. The number of amides is 2. The van der Waals surface area contributed by atoms with Crippen LogP contribution in [0.15, 0.2) is 22.7 Å². The molecule has 0 aromatic heterocycles. The summed E-state index contributed by atoms with van der Waals surface area (Å²) in [6.07, 6.45) is 0. The van der Waals surface area contributed by atoms with Crippen molar-refractivity contribution in [2.75, 3.05) is 4.90 Å². The van der Waals surface area contributed by atoms with Crippen molar-refractivity contribution in [3.05, 3.63) is 27.7 Å². The number of hydrogen-bond acceptors (Lipinski definition) is 2. The Morgan fingerprint density at radius 3 is 2.33 bits per heavy atom. The average molecular weight is 329 g/mol. The number of rotatable bonds is 1. The van der Waals surface area contributed by atoms with E-state index in [0.717, 1.165) is 0 Å². The van der Waals surface area contributed by atoms with Gasteiger partial charge in [-0.25, -0.2) is 4.90 Å². The third kappa shape index (κ3) is 1.36. The molecule has 94 valence electrons. The Hall–Kier alpha value is -0.870. The molecule has 3 rings (SSSR count). The minimum atomic E-state index is -0.185. The molecule has 1 saturated carbocycles. The lowest BCUT2D eigenvalue weighted by Gasteiger charge is -2.21. The van der Waals surface area contributed by atoms with E-state index in [9.17, 15) is 9.59 Å². The molecule has 1 aromatic rings. The van der Waals surface area contributed by atoms with Gasteiger partial charge in [-0.15, -0.1) is 0 Å². The molecular weight excluding hydrogens is 318 g/mol. The summed E-state index contributed by atoms with van der Waals surface area (Å²) < 4.78 is 0.590. The van der Waals surface area contributed by atoms with Crippen LogP contribution in [-0.4, -0.2) is 11.8 Å². The Bertz CT molecular complexity index is 560. The van der Waals surface area contributed by atoms with Gasteiger partial charge in [-0.1, -0.05) is 31.5 Å². The number of carbonyl (C=O) groups excluding carboxylic acids is 2. The van der Waals surface area contributed by atoms with Crippen LogP contribution in [-0.2, 0) is 9.59 Å². The Balaban J connectivity index is 2.04. The normalized spacial score (nSPS) is 28.6. The van der Waals surface area contributed by atoms with E-state index in [-0.39, 0.29) is 29.1 Å². The first-order valence-corrected chi connectivity index (χ1v) is 6.86. The second kappa shape index (κ2) is 3.58. The molecule has 2 aliphatic rings. The zero-order valence-corrected chi connectivity index (χ0v) is 12.2. The van der Waals surface area contributed by atoms with Crippen LogP contribution in [0.25, 0.3) is 0 Å². The van der Waals surface area contributed by atoms with E-state index in [1.807, 2.05) is 13.8 Å². The van der Waals surface area contributed by atoms with Crippen LogP contribution < -0.4 is 4.90 Å². The first-order valence-electron chi connectivity index (χ1n) is 5.69. The number of imide groups is 1. The van der Waals surface area contributed by atoms with E-state index >= 15 is 0 Å². The number of hydrogen-bond donors (Lipinski definition) is 0. The molecule has 1 aliphatic heterocycles. The molecule has 1 heterocycles. The summed E-state index contributed by atoms with van der Waals surface area (Å²) >= 11 is 9.33. The molecule has 1 saturated heterocycles. The smallest absolute Gasteiger partial charge is 0.238 e. The molecule has 1 aliphatic carbocycles. The number of fused-ring (bicyclic) bond motifs is 1. The van der Waals surface area contributed by atoms with Crippen LogP contribution in [0.2, 0.25) is 5.02 Å². The van der Waals surface area contributed by atoms with Crippen molar-refractivity contribution in [2.45, 2.75) is 13.8 Å².